The highest BCUT2D eigenvalue weighted by atomic mass is 15.3. The predicted molar refractivity (Wildman–Crippen MR) is 57.2 cm³/mol. The molecule has 0 radical (unpaired) electrons. The van der Waals surface area contributed by atoms with Crippen molar-refractivity contribution in [1.29, 1.82) is 0 Å². The van der Waals surface area contributed by atoms with Crippen molar-refractivity contribution >= 4 is 11.2 Å². The molecule has 0 aliphatic heterocycles. The fourth-order valence-corrected chi connectivity index (χ4v) is 1.46. The Morgan fingerprint density at radius 3 is 2.71 bits per heavy atom. The minimum absolute atomic E-state index is 0.889. The molecule has 2 rings (SSSR count). The molecule has 3 nitrogen and oxygen atoms in total. The average Bonchev–Trinajstić information content (AvgIpc) is 2.45. The Labute approximate surface area is 83.1 Å². The van der Waals surface area contributed by atoms with Crippen LogP contribution < -0.4 is 0 Å². The molecule has 3 heteroatoms. The van der Waals surface area contributed by atoms with Crippen LogP contribution in [0.3, 0.4) is 0 Å². The van der Waals surface area contributed by atoms with E-state index < -0.39 is 0 Å². The molecule has 2 heterocycles. The van der Waals surface area contributed by atoms with Gasteiger partial charge in [-0.3, -0.25) is 0 Å². The molecule has 0 aliphatic rings. The highest BCUT2D eigenvalue weighted by Gasteiger charge is 2.04. The molecule has 0 saturated carbocycles. The van der Waals surface area contributed by atoms with Crippen molar-refractivity contribution in [3.63, 3.8) is 0 Å². The second kappa shape index (κ2) is 2.94. The average molecular weight is 187 g/mol. The zero-order valence-electron chi connectivity index (χ0n) is 8.70. The summed E-state index contributed by atoms with van der Waals surface area (Å²) in [6.45, 7) is 9.84. The predicted octanol–water partition coefficient (Wildman–Crippen LogP) is 2.38. The monoisotopic (exact) mass is 187 g/mol. The van der Waals surface area contributed by atoms with E-state index in [-0.39, 0.29) is 0 Å². The van der Waals surface area contributed by atoms with Gasteiger partial charge in [0.05, 0.1) is 11.4 Å². The first-order valence-corrected chi connectivity index (χ1v) is 4.58. The first-order valence-electron chi connectivity index (χ1n) is 4.58. The molecule has 0 atom stereocenters. The number of fused-ring (bicyclic) bond motifs is 1. The molecule has 0 saturated heterocycles. The van der Waals surface area contributed by atoms with Gasteiger partial charge >= 0.3 is 0 Å². The lowest BCUT2D eigenvalue weighted by molar-refractivity contribution is 0.874. The van der Waals surface area contributed by atoms with E-state index in [0.29, 0.717) is 0 Å². The first kappa shape index (κ1) is 8.94. The molecular weight excluding hydrogens is 174 g/mol. The van der Waals surface area contributed by atoms with Gasteiger partial charge in [-0.2, -0.15) is 5.10 Å². The number of allylic oxidation sites excluding steroid dienone is 1. The van der Waals surface area contributed by atoms with E-state index in [1.54, 1.807) is 0 Å². The van der Waals surface area contributed by atoms with Crippen LogP contribution in [0.2, 0.25) is 0 Å². The molecular formula is C11H13N3. The van der Waals surface area contributed by atoms with Crippen LogP contribution in [-0.4, -0.2) is 14.6 Å². The van der Waals surface area contributed by atoms with Crippen LogP contribution in [0, 0.1) is 13.8 Å². The van der Waals surface area contributed by atoms with Gasteiger partial charge in [0, 0.05) is 11.8 Å². The standard InChI is InChI=1S/C11H13N3/c1-7(2)10-6-9(4)14-11(12-10)5-8(3)13-14/h5-6H,1H2,2-4H3. The lowest BCUT2D eigenvalue weighted by atomic mass is 10.2. The molecule has 0 fully saturated rings. The molecule has 0 unspecified atom stereocenters. The fraction of sp³-hybridized carbons (Fsp3) is 0.273. The highest BCUT2D eigenvalue weighted by molar-refractivity contribution is 5.60. The van der Waals surface area contributed by atoms with Crippen molar-refractivity contribution in [3.8, 4) is 0 Å². The Balaban J connectivity index is 2.77. The largest absolute Gasteiger partial charge is 0.229 e. The van der Waals surface area contributed by atoms with Gasteiger partial charge in [0.2, 0.25) is 0 Å². The molecule has 0 amide bonds. The number of rotatable bonds is 1. The van der Waals surface area contributed by atoms with Crippen molar-refractivity contribution in [2.75, 3.05) is 0 Å². The second-order valence-corrected chi connectivity index (χ2v) is 3.62. The lowest BCUT2D eigenvalue weighted by Gasteiger charge is -2.02. The van der Waals surface area contributed by atoms with E-state index >= 15 is 0 Å². The van der Waals surface area contributed by atoms with E-state index in [0.717, 1.165) is 28.3 Å². The quantitative estimate of drug-likeness (QED) is 0.686. The summed E-state index contributed by atoms with van der Waals surface area (Å²) < 4.78 is 1.85. The smallest absolute Gasteiger partial charge is 0.156 e. The molecule has 72 valence electrons. The Kier molecular flexibility index (Phi) is 1.88. The second-order valence-electron chi connectivity index (χ2n) is 3.62. The zero-order valence-corrected chi connectivity index (χ0v) is 8.70. The number of hydrogen-bond acceptors (Lipinski definition) is 2. The SMILES string of the molecule is C=C(C)c1cc(C)n2nc(C)cc2n1. The summed E-state index contributed by atoms with van der Waals surface area (Å²) in [6.07, 6.45) is 0. The molecule has 0 bridgehead atoms. The molecule has 0 N–H and O–H groups in total. The number of hydrogen-bond donors (Lipinski definition) is 0. The van der Waals surface area contributed by atoms with Crippen molar-refractivity contribution in [1.82, 2.24) is 14.6 Å². The first-order chi connectivity index (χ1) is 6.58. The van der Waals surface area contributed by atoms with Crippen LogP contribution in [-0.2, 0) is 0 Å². The van der Waals surface area contributed by atoms with Crippen molar-refractivity contribution < 1.29 is 0 Å². The van der Waals surface area contributed by atoms with Gasteiger partial charge in [0.1, 0.15) is 0 Å². The van der Waals surface area contributed by atoms with E-state index in [9.17, 15) is 0 Å². The third-order valence-electron chi connectivity index (χ3n) is 2.16. The van der Waals surface area contributed by atoms with Gasteiger partial charge in [0.15, 0.2) is 5.65 Å². The van der Waals surface area contributed by atoms with Gasteiger partial charge < -0.3 is 0 Å². The Morgan fingerprint density at radius 1 is 1.36 bits per heavy atom. The van der Waals surface area contributed by atoms with Crippen LogP contribution >= 0.6 is 0 Å². The molecule has 0 spiro atoms. The summed E-state index contributed by atoms with van der Waals surface area (Å²) in [4.78, 5) is 4.46. The maximum absolute atomic E-state index is 4.46. The molecule has 0 aliphatic carbocycles. The topological polar surface area (TPSA) is 30.2 Å². The van der Waals surface area contributed by atoms with Gasteiger partial charge in [-0.05, 0) is 32.4 Å². The summed E-state index contributed by atoms with van der Waals surface area (Å²) in [5.41, 5.74) is 4.88. The Morgan fingerprint density at radius 2 is 2.07 bits per heavy atom. The van der Waals surface area contributed by atoms with E-state index in [4.69, 9.17) is 0 Å². The minimum atomic E-state index is 0.889. The van der Waals surface area contributed by atoms with Crippen LogP contribution in [0.1, 0.15) is 24.0 Å². The van der Waals surface area contributed by atoms with E-state index in [1.165, 1.54) is 0 Å². The molecule has 2 aromatic rings. The van der Waals surface area contributed by atoms with Gasteiger partial charge in [-0.15, -0.1) is 0 Å². The van der Waals surface area contributed by atoms with Crippen LogP contribution in [0.15, 0.2) is 18.7 Å². The summed E-state index contributed by atoms with van der Waals surface area (Å²) in [6, 6.07) is 3.97. The number of aryl methyl sites for hydroxylation is 2. The Hall–Kier alpha value is -1.64. The van der Waals surface area contributed by atoms with Gasteiger partial charge in [0.25, 0.3) is 0 Å². The summed E-state index contributed by atoms with van der Waals surface area (Å²) in [5.74, 6) is 0. The van der Waals surface area contributed by atoms with Crippen LogP contribution in [0.5, 0.6) is 0 Å². The van der Waals surface area contributed by atoms with E-state index in [1.807, 2.05) is 37.4 Å². The Bertz CT molecular complexity index is 508. The van der Waals surface area contributed by atoms with Crippen molar-refractivity contribution in [2.45, 2.75) is 20.8 Å². The normalized spacial score (nSPS) is 10.8. The highest BCUT2D eigenvalue weighted by Crippen LogP contribution is 2.13. The van der Waals surface area contributed by atoms with Crippen molar-refractivity contribution in [2.24, 2.45) is 0 Å². The molecule has 14 heavy (non-hydrogen) atoms. The van der Waals surface area contributed by atoms with Crippen LogP contribution in [0.4, 0.5) is 0 Å². The molecule has 2 aromatic heterocycles. The maximum Gasteiger partial charge on any atom is 0.156 e. The van der Waals surface area contributed by atoms with E-state index in [2.05, 4.69) is 16.7 Å². The van der Waals surface area contributed by atoms with Crippen molar-refractivity contribution in [3.05, 3.63) is 35.8 Å². The molecule has 0 aromatic carbocycles. The fourth-order valence-electron chi connectivity index (χ4n) is 1.46. The minimum Gasteiger partial charge on any atom is -0.229 e. The summed E-state index contributed by atoms with van der Waals surface area (Å²) in [5, 5.41) is 4.34. The third kappa shape index (κ3) is 1.31. The maximum atomic E-state index is 4.46. The zero-order chi connectivity index (χ0) is 10.3. The van der Waals surface area contributed by atoms with Gasteiger partial charge in [-0.1, -0.05) is 6.58 Å². The van der Waals surface area contributed by atoms with Gasteiger partial charge in [-0.25, -0.2) is 9.50 Å². The van der Waals surface area contributed by atoms with Crippen LogP contribution in [0.25, 0.3) is 11.2 Å². The lowest BCUT2D eigenvalue weighted by Crippen LogP contribution is -1.98. The third-order valence-corrected chi connectivity index (χ3v) is 2.16. The number of nitrogens with zero attached hydrogens (tertiary/aromatic N) is 3. The summed E-state index contributed by atoms with van der Waals surface area (Å²) >= 11 is 0. The number of aromatic nitrogens is 3. The summed E-state index contributed by atoms with van der Waals surface area (Å²) in [7, 11) is 0.